The van der Waals surface area contributed by atoms with E-state index in [1.165, 1.54) is 23.9 Å². The fraction of sp³-hybridized carbons (Fsp3) is 0.238. The van der Waals surface area contributed by atoms with E-state index < -0.39 is 15.8 Å². The Morgan fingerprint density at radius 3 is 2.38 bits per heavy atom. The monoisotopic (exact) mass is 493 g/mol. The molecule has 1 aliphatic rings. The first-order valence-electron chi connectivity index (χ1n) is 9.87. The summed E-state index contributed by atoms with van der Waals surface area (Å²) in [6.07, 6.45) is 3.32. The zero-order valence-corrected chi connectivity index (χ0v) is 19.6. The number of rotatable bonds is 7. The zero-order chi connectivity index (χ0) is 22.7. The molecular weight excluding hydrogens is 473 g/mol. The fourth-order valence-electron chi connectivity index (χ4n) is 3.26. The van der Waals surface area contributed by atoms with Crippen LogP contribution in [0.5, 0.6) is 0 Å². The number of nitrogens with one attached hydrogen (secondary N) is 2. The van der Waals surface area contributed by atoms with E-state index in [-0.39, 0.29) is 5.02 Å². The highest BCUT2D eigenvalue weighted by atomic mass is 35.5. The van der Waals surface area contributed by atoms with Crippen LogP contribution in [0.25, 0.3) is 0 Å². The van der Waals surface area contributed by atoms with Crippen LogP contribution in [-0.4, -0.2) is 37.7 Å². The predicted octanol–water partition coefficient (Wildman–Crippen LogP) is 5.14. The van der Waals surface area contributed by atoms with Crippen LogP contribution in [0.4, 0.5) is 27.4 Å². The average molecular weight is 494 g/mol. The third-order valence-corrected chi connectivity index (χ3v) is 6.45. The van der Waals surface area contributed by atoms with Gasteiger partial charge in [-0.15, -0.1) is 0 Å². The van der Waals surface area contributed by atoms with Gasteiger partial charge in [0, 0.05) is 35.4 Å². The van der Waals surface area contributed by atoms with E-state index in [1.54, 1.807) is 30.3 Å². The minimum absolute atomic E-state index is 0.0289. The van der Waals surface area contributed by atoms with Gasteiger partial charge in [0.1, 0.15) is 17.5 Å². The molecule has 0 saturated carbocycles. The Morgan fingerprint density at radius 2 is 1.72 bits per heavy atom. The molecule has 0 amide bonds. The molecule has 0 spiro atoms. The number of aromatic nitrogens is 2. The molecule has 32 heavy (non-hydrogen) atoms. The summed E-state index contributed by atoms with van der Waals surface area (Å²) in [5, 5.41) is 3.74. The molecule has 168 valence electrons. The molecule has 0 radical (unpaired) electrons. The van der Waals surface area contributed by atoms with Crippen LogP contribution < -0.4 is 14.9 Å². The summed E-state index contributed by atoms with van der Waals surface area (Å²) in [4.78, 5) is 12.4. The first-order chi connectivity index (χ1) is 15.2. The second-order valence-corrected chi connectivity index (χ2v) is 10.5. The molecule has 1 aliphatic heterocycles. The van der Waals surface area contributed by atoms with Crippen LogP contribution in [0.1, 0.15) is 12.8 Å². The third kappa shape index (κ3) is 6.02. The van der Waals surface area contributed by atoms with Gasteiger partial charge in [0.15, 0.2) is 5.16 Å². The second kappa shape index (κ2) is 9.51. The molecule has 0 unspecified atom stereocenters. The van der Waals surface area contributed by atoms with Crippen LogP contribution in [0, 0.1) is 5.82 Å². The quantitative estimate of drug-likeness (QED) is 0.441. The molecule has 7 nitrogen and oxygen atoms in total. The molecule has 1 aromatic heterocycles. The van der Waals surface area contributed by atoms with Crippen molar-refractivity contribution in [2.24, 2.45) is 0 Å². The molecule has 1 saturated heterocycles. The molecule has 2 N–H and O–H groups in total. The van der Waals surface area contributed by atoms with Crippen LogP contribution in [0.15, 0.2) is 58.6 Å². The Hall–Kier alpha value is -2.56. The van der Waals surface area contributed by atoms with Crippen molar-refractivity contribution in [3.05, 3.63) is 59.4 Å². The molecule has 0 aliphatic carbocycles. The van der Waals surface area contributed by atoms with E-state index in [0.29, 0.717) is 22.3 Å². The smallest absolute Gasteiger partial charge is 0.229 e. The lowest BCUT2D eigenvalue weighted by Crippen LogP contribution is -2.19. The Balaban J connectivity index is 1.59. The molecule has 0 atom stereocenters. The van der Waals surface area contributed by atoms with Gasteiger partial charge in [-0.05, 0) is 67.1 Å². The minimum atomic E-state index is -3.33. The summed E-state index contributed by atoms with van der Waals surface area (Å²) >= 11 is 7.27. The van der Waals surface area contributed by atoms with Gasteiger partial charge in [-0.25, -0.2) is 22.8 Å². The molecular formula is C21H21ClFN5O2S2. The van der Waals surface area contributed by atoms with E-state index >= 15 is 0 Å². The van der Waals surface area contributed by atoms with Gasteiger partial charge in [0.25, 0.3) is 0 Å². The van der Waals surface area contributed by atoms with E-state index in [4.69, 9.17) is 16.6 Å². The van der Waals surface area contributed by atoms with Crippen molar-refractivity contribution in [2.75, 3.05) is 34.3 Å². The number of hydrogen-bond acceptors (Lipinski definition) is 7. The van der Waals surface area contributed by atoms with Crippen LogP contribution in [0.3, 0.4) is 0 Å². The number of hydrogen-bond donors (Lipinski definition) is 2. The first-order valence-corrected chi connectivity index (χ1v) is 13.0. The molecule has 2 heterocycles. The van der Waals surface area contributed by atoms with Crippen LogP contribution in [0.2, 0.25) is 5.02 Å². The summed E-state index contributed by atoms with van der Waals surface area (Å²) < 4.78 is 38.7. The van der Waals surface area contributed by atoms with Crippen molar-refractivity contribution in [3.8, 4) is 0 Å². The molecule has 11 heteroatoms. The van der Waals surface area contributed by atoms with Gasteiger partial charge in [-0.3, -0.25) is 4.72 Å². The van der Waals surface area contributed by atoms with Crippen LogP contribution >= 0.6 is 23.4 Å². The minimum Gasteiger partial charge on any atom is -0.356 e. The lowest BCUT2D eigenvalue weighted by molar-refractivity contribution is 0.607. The van der Waals surface area contributed by atoms with Crippen molar-refractivity contribution in [3.63, 3.8) is 0 Å². The number of benzene rings is 2. The highest BCUT2D eigenvalue weighted by Gasteiger charge is 2.17. The van der Waals surface area contributed by atoms with Gasteiger partial charge in [-0.1, -0.05) is 11.6 Å². The molecule has 4 rings (SSSR count). The molecule has 0 bridgehead atoms. The van der Waals surface area contributed by atoms with Gasteiger partial charge in [0.05, 0.1) is 11.3 Å². The van der Waals surface area contributed by atoms with Gasteiger partial charge in [0.2, 0.25) is 10.0 Å². The molecule has 3 aromatic rings. The average Bonchev–Trinajstić information content (AvgIpc) is 3.26. The standard InChI is InChI=1S/C21H21ClFN5O2S2/c1-32(29,30)27-14-4-7-16(8-5-14)31-21-25-19(13-20(26-21)28-10-2-3-11-28)24-15-6-9-18(23)17(22)12-15/h4-9,12-13,27H,2-3,10-11H2,1H3,(H,24,25,26). The second-order valence-electron chi connectivity index (χ2n) is 7.34. The van der Waals surface area contributed by atoms with E-state index in [0.717, 1.165) is 42.9 Å². The summed E-state index contributed by atoms with van der Waals surface area (Å²) in [5.74, 6) is 0.899. The Bertz CT molecular complexity index is 1220. The SMILES string of the molecule is CS(=O)(=O)Nc1ccc(Sc2nc(Nc3ccc(F)c(Cl)c3)cc(N3CCCC3)n2)cc1. The van der Waals surface area contributed by atoms with Gasteiger partial charge in [-0.2, -0.15) is 0 Å². The first kappa shape index (κ1) is 22.6. The Kier molecular flexibility index (Phi) is 6.73. The molecule has 2 aromatic carbocycles. The number of anilines is 4. The maximum Gasteiger partial charge on any atom is 0.229 e. The summed E-state index contributed by atoms with van der Waals surface area (Å²) in [6.45, 7) is 1.85. The van der Waals surface area contributed by atoms with E-state index in [2.05, 4.69) is 19.9 Å². The van der Waals surface area contributed by atoms with Gasteiger partial charge >= 0.3 is 0 Å². The number of halogens is 2. The Morgan fingerprint density at radius 1 is 1.03 bits per heavy atom. The van der Waals surface area contributed by atoms with Crippen LogP contribution in [-0.2, 0) is 10.0 Å². The number of nitrogens with zero attached hydrogens (tertiary/aromatic N) is 3. The summed E-state index contributed by atoms with van der Waals surface area (Å²) in [5.41, 5.74) is 1.11. The van der Waals surface area contributed by atoms with E-state index in [1.807, 2.05) is 6.07 Å². The summed E-state index contributed by atoms with van der Waals surface area (Å²) in [6, 6.07) is 13.3. The lowest BCUT2D eigenvalue weighted by atomic mass is 10.3. The fourth-order valence-corrected chi connectivity index (χ4v) is 4.77. The van der Waals surface area contributed by atoms with Crippen molar-refractivity contribution in [1.82, 2.24) is 9.97 Å². The number of sulfonamides is 1. The molecule has 1 fully saturated rings. The maximum absolute atomic E-state index is 13.5. The van der Waals surface area contributed by atoms with Gasteiger partial charge < -0.3 is 10.2 Å². The Labute approximate surface area is 195 Å². The topological polar surface area (TPSA) is 87.2 Å². The van der Waals surface area contributed by atoms with Crippen molar-refractivity contribution in [1.29, 1.82) is 0 Å². The van der Waals surface area contributed by atoms with Crippen molar-refractivity contribution < 1.29 is 12.8 Å². The lowest BCUT2D eigenvalue weighted by Gasteiger charge is -2.18. The zero-order valence-electron chi connectivity index (χ0n) is 17.2. The van der Waals surface area contributed by atoms with Crippen molar-refractivity contribution in [2.45, 2.75) is 22.9 Å². The summed E-state index contributed by atoms with van der Waals surface area (Å²) in [7, 11) is -3.33. The third-order valence-electron chi connectivity index (χ3n) is 4.68. The van der Waals surface area contributed by atoms with E-state index in [9.17, 15) is 12.8 Å². The maximum atomic E-state index is 13.5. The predicted molar refractivity (Wildman–Crippen MR) is 127 cm³/mol. The highest BCUT2D eigenvalue weighted by Crippen LogP contribution is 2.31. The largest absolute Gasteiger partial charge is 0.356 e. The van der Waals surface area contributed by atoms with Crippen molar-refractivity contribution >= 4 is 56.4 Å². The normalized spacial score (nSPS) is 13.9. The highest BCUT2D eigenvalue weighted by molar-refractivity contribution is 7.99.